The van der Waals surface area contributed by atoms with Gasteiger partial charge in [0.25, 0.3) is 11.8 Å². The summed E-state index contributed by atoms with van der Waals surface area (Å²) in [5.74, 6) is -2.45. The van der Waals surface area contributed by atoms with Crippen LogP contribution in [0, 0.1) is 11.6 Å². The molecular formula is C29H34F2N8O4S. The molecule has 0 saturated heterocycles. The number of nitrogens with one attached hydrogen (secondary N) is 3. The maximum Gasteiger partial charge on any atom is 0.321 e. The summed E-state index contributed by atoms with van der Waals surface area (Å²) in [5.41, 5.74) is 5.75. The second kappa shape index (κ2) is 14.7. The zero-order valence-corrected chi connectivity index (χ0v) is 25.6. The summed E-state index contributed by atoms with van der Waals surface area (Å²) in [7, 11) is 1.45. The van der Waals surface area contributed by atoms with Crippen LogP contribution < -0.4 is 26.4 Å². The first-order chi connectivity index (χ1) is 21.1. The summed E-state index contributed by atoms with van der Waals surface area (Å²) in [6.45, 7) is 8.73. The number of halogens is 2. The molecule has 3 amide bonds. The number of hydrogen-bond acceptors (Lipinski definition) is 10. The van der Waals surface area contributed by atoms with Gasteiger partial charge in [-0.15, -0.1) is 0 Å². The number of ether oxygens (including phenoxy) is 1. The van der Waals surface area contributed by atoms with Crippen molar-refractivity contribution < 1.29 is 27.6 Å². The van der Waals surface area contributed by atoms with Gasteiger partial charge in [-0.05, 0) is 50.2 Å². The predicted octanol–water partition coefficient (Wildman–Crippen LogP) is 5.61. The summed E-state index contributed by atoms with van der Waals surface area (Å²) in [6, 6.07) is 7.44. The first-order valence-electron chi connectivity index (χ1n) is 14.0. The number of amides is 3. The molecular weight excluding hydrogens is 594 g/mol. The van der Waals surface area contributed by atoms with E-state index in [2.05, 4.69) is 49.8 Å². The largest absolute Gasteiger partial charge is 0.497 e. The van der Waals surface area contributed by atoms with Gasteiger partial charge in [0.2, 0.25) is 5.82 Å². The minimum absolute atomic E-state index is 0.0125. The highest BCUT2D eigenvalue weighted by Crippen LogP contribution is 2.36. The molecule has 0 aliphatic heterocycles. The monoisotopic (exact) mass is 628 g/mol. The molecule has 0 fully saturated rings. The molecule has 2 aromatic carbocycles. The van der Waals surface area contributed by atoms with Crippen molar-refractivity contribution in [3.63, 3.8) is 0 Å². The Labute approximate surface area is 257 Å². The van der Waals surface area contributed by atoms with Crippen molar-refractivity contribution in [3.05, 3.63) is 53.6 Å². The lowest BCUT2D eigenvalue weighted by atomic mass is 10.1. The summed E-state index contributed by atoms with van der Waals surface area (Å²) < 4.78 is 39.8. The molecule has 15 heteroatoms. The molecule has 12 nitrogen and oxygen atoms in total. The Kier molecular flexibility index (Phi) is 10.8. The molecule has 0 aliphatic carbocycles. The Morgan fingerprint density at radius 3 is 2.61 bits per heavy atom. The van der Waals surface area contributed by atoms with E-state index in [9.17, 15) is 18.4 Å². The lowest BCUT2D eigenvalue weighted by Crippen LogP contribution is -2.45. The maximum atomic E-state index is 14.8. The fraction of sp³-hybridized carbons (Fsp3) is 0.345. The predicted molar refractivity (Wildman–Crippen MR) is 165 cm³/mol. The van der Waals surface area contributed by atoms with E-state index in [0.717, 1.165) is 49.9 Å². The van der Waals surface area contributed by atoms with Gasteiger partial charge < -0.3 is 30.5 Å². The van der Waals surface area contributed by atoms with E-state index in [0.29, 0.717) is 11.8 Å². The number of anilines is 3. The average molecular weight is 629 g/mol. The summed E-state index contributed by atoms with van der Waals surface area (Å²) in [6.07, 6.45) is 1.76. The number of rotatable bonds is 13. The van der Waals surface area contributed by atoms with Gasteiger partial charge in [0.1, 0.15) is 28.1 Å². The smallest absolute Gasteiger partial charge is 0.321 e. The average Bonchev–Trinajstić information content (AvgIpc) is 3.63. The van der Waals surface area contributed by atoms with Gasteiger partial charge in [-0.1, -0.05) is 43.3 Å². The first kappa shape index (κ1) is 32.3. The van der Waals surface area contributed by atoms with Gasteiger partial charge in [-0.3, -0.25) is 10.1 Å². The highest BCUT2D eigenvalue weighted by Gasteiger charge is 2.23. The van der Waals surface area contributed by atoms with Crippen molar-refractivity contribution in [1.82, 2.24) is 25.3 Å². The van der Waals surface area contributed by atoms with E-state index in [1.807, 2.05) is 6.92 Å². The third-order valence-corrected chi connectivity index (χ3v) is 7.64. The molecule has 0 bridgehead atoms. The Hall–Kier alpha value is -4.63. The minimum Gasteiger partial charge on any atom is -0.497 e. The molecule has 4 aromatic rings. The standard InChI is InChI=1S/C29H34F2N8O4S/c1-5-11-39(7-3)15-17(6-2)33-28(41)37-29-35-24(32)23(44-29)27-36-25(38-43-27)19-13-22(21(31)14-20(19)30)34-26(40)16-9-8-10-18(12-16)42-4/h8-10,12-14,17H,5-7,11,15,32H2,1-4H3,(H,34,40)(H2,33,35,37,41). The van der Waals surface area contributed by atoms with Gasteiger partial charge in [0.15, 0.2) is 5.13 Å². The van der Waals surface area contributed by atoms with Crippen molar-refractivity contribution in [1.29, 1.82) is 0 Å². The van der Waals surface area contributed by atoms with Crippen LogP contribution in [0.5, 0.6) is 5.75 Å². The molecule has 2 heterocycles. The number of methoxy groups -OCH3 is 1. The lowest BCUT2D eigenvalue weighted by Gasteiger charge is -2.26. The normalized spacial score (nSPS) is 11.8. The fourth-order valence-electron chi connectivity index (χ4n) is 4.34. The fourth-order valence-corrected chi connectivity index (χ4v) is 5.14. The number of carbonyl (C=O) groups excluding carboxylic acids is 2. The zero-order valence-electron chi connectivity index (χ0n) is 24.7. The van der Waals surface area contributed by atoms with E-state index in [-0.39, 0.29) is 50.4 Å². The van der Waals surface area contributed by atoms with Crippen LogP contribution in [-0.4, -0.2) is 64.7 Å². The summed E-state index contributed by atoms with van der Waals surface area (Å²) >= 11 is 0.994. The van der Waals surface area contributed by atoms with Crippen LogP contribution in [0.4, 0.5) is 30.2 Å². The third-order valence-electron chi connectivity index (χ3n) is 6.67. The SMILES string of the molecule is CCCN(CC)CC(CC)NC(=O)Nc1nc(N)c(-c2nc(-c3cc(NC(=O)c4cccc(OC)c4)c(F)cc3F)no2)s1. The number of thiazole rings is 1. The Balaban J connectivity index is 1.48. The molecule has 5 N–H and O–H groups in total. The van der Waals surface area contributed by atoms with Crippen LogP contribution in [0.15, 0.2) is 40.9 Å². The number of carbonyl (C=O) groups is 2. The van der Waals surface area contributed by atoms with Gasteiger partial charge in [-0.2, -0.15) is 4.98 Å². The van der Waals surface area contributed by atoms with Crippen LogP contribution in [0.3, 0.4) is 0 Å². The molecule has 0 saturated carbocycles. The maximum absolute atomic E-state index is 14.8. The van der Waals surface area contributed by atoms with E-state index in [4.69, 9.17) is 15.0 Å². The highest BCUT2D eigenvalue weighted by atomic mass is 32.1. The number of hydrogen-bond donors (Lipinski definition) is 4. The van der Waals surface area contributed by atoms with Gasteiger partial charge in [0.05, 0.1) is 18.4 Å². The molecule has 0 spiro atoms. The molecule has 0 radical (unpaired) electrons. The van der Waals surface area contributed by atoms with Gasteiger partial charge in [0, 0.05) is 24.2 Å². The van der Waals surface area contributed by atoms with E-state index in [1.165, 1.54) is 19.2 Å². The van der Waals surface area contributed by atoms with E-state index < -0.39 is 23.6 Å². The third kappa shape index (κ3) is 7.85. The number of aromatic nitrogens is 3. The Morgan fingerprint density at radius 2 is 1.91 bits per heavy atom. The van der Waals surface area contributed by atoms with E-state index in [1.54, 1.807) is 12.1 Å². The number of nitrogen functional groups attached to an aromatic ring is 1. The summed E-state index contributed by atoms with van der Waals surface area (Å²) in [4.78, 5) is 36.3. The molecule has 2 aromatic heterocycles. The van der Waals surface area contributed by atoms with Crippen molar-refractivity contribution in [3.8, 4) is 27.9 Å². The molecule has 1 unspecified atom stereocenters. The number of urea groups is 1. The molecule has 44 heavy (non-hydrogen) atoms. The van der Waals surface area contributed by atoms with Crippen molar-refractivity contribution >= 4 is 39.9 Å². The number of benzene rings is 2. The topological polar surface area (TPSA) is 161 Å². The highest BCUT2D eigenvalue weighted by molar-refractivity contribution is 7.19. The van der Waals surface area contributed by atoms with Crippen LogP contribution in [-0.2, 0) is 0 Å². The van der Waals surface area contributed by atoms with Crippen LogP contribution in [0.2, 0.25) is 0 Å². The second-order valence-corrected chi connectivity index (χ2v) is 10.8. The van der Waals surface area contributed by atoms with Crippen LogP contribution >= 0.6 is 11.3 Å². The quantitative estimate of drug-likeness (QED) is 0.147. The summed E-state index contributed by atoms with van der Waals surface area (Å²) in [5, 5.41) is 12.1. The number of likely N-dealkylation sites (N-methyl/N-ethyl adjacent to an activating group) is 1. The lowest BCUT2D eigenvalue weighted by molar-refractivity contribution is 0.102. The minimum atomic E-state index is -0.995. The number of nitrogens with two attached hydrogens (primary N) is 1. The zero-order chi connectivity index (χ0) is 31.8. The van der Waals surface area contributed by atoms with Crippen molar-refractivity contribution in [2.75, 3.05) is 43.1 Å². The molecule has 0 aliphatic rings. The Morgan fingerprint density at radius 1 is 1.11 bits per heavy atom. The van der Waals surface area contributed by atoms with Crippen molar-refractivity contribution in [2.24, 2.45) is 0 Å². The first-order valence-corrected chi connectivity index (χ1v) is 14.8. The van der Waals surface area contributed by atoms with Crippen LogP contribution in [0.25, 0.3) is 22.2 Å². The Bertz CT molecular complexity index is 1610. The molecule has 234 valence electrons. The van der Waals surface area contributed by atoms with Gasteiger partial charge >= 0.3 is 6.03 Å². The van der Waals surface area contributed by atoms with E-state index >= 15 is 0 Å². The van der Waals surface area contributed by atoms with Crippen LogP contribution in [0.1, 0.15) is 44.0 Å². The van der Waals surface area contributed by atoms with Gasteiger partial charge in [-0.25, -0.2) is 18.6 Å². The number of nitrogens with zero attached hydrogens (tertiary/aromatic N) is 4. The molecule has 4 rings (SSSR count). The molecule has 1 atom stereocenters. The van der Waals surface area contributed by atoms with Crippen molar-refractivity contribution in [2.45, 2.75) is 39.7 Å². The second-order valence-electron chi connectivity index (χ2n) is 9.75.